The van der Waals surface area contributed by atoms with Gasteiger partial charge in [-0.2, -0.15) is 0 Å². The molecule has 0 saturated heterocycles. The molecule has 1 atom stereocenters. The Morgan fingerprint density at radius 1 is 0.524 bits per heavy atom. The summed E-state index contributed by atoms with van der Waals surface area (Å²) in [5, 5.41) is 26.7. The summed E-state index contributed by atoms with van der Waals surface area (Å²) in [5.74, 6) is 0. The standard InChI is InChI=1S/C18H38O3/c1-2-3-4-5-6-7-8-9-10-11-12-13-14-15-16-17(19)18(20)21/h17-21H,2-16H2,1H3. The summed E-state index contributed by atoms with van der Waals surface area (Å²) >= 11 is 0. The van der Waals surface area contributed by atoms with E-state index in [0.717, 1.165) is 12.8 Å². The van der Waals surface area contributed by atoms with Crippen LogP contribution in [-0.2, 0) is 0 Å². The zero-order chi connectivity index (χ0) is 15.8. The maximum atomic E-state index is 9.22. The number of hydrogen-bond donors (Lipinski definition) is 3. The van der Waals surface area contributed by atoms with Crippen LogP contribution in [0.1, 0.15) is 103 Å². The second-order valence-electron chi connectivity index (χ2n) is 6.37. The molecule has 0 spiro atoms. The van der Waals surface area contributed by atoms with Gasteiger partial charge in [0.1, 0.15) is 6.10 Å². The molecule has 0 rings (SSSR count). The first kappa shape index (κ1) is 20.9. The molecule has 0 amide bonds. The zero-order valence-electron chi connectivity index (χ0n) is 14.1. The van der Waals surface area contributed by atoms with E-state index in [9.17, 15) is 5.11 Å². The van der Waals surface area contributed by atoms with E-state index in [2.05, 4.69) is 6.92 Å². The highest BCUT2D eigenvalue weighted by Gasteiger charge is 2.11. The SMILES string of the molecule is CCCCCCCCCCCCCCCCC(O)C(O)O. The molecule has 3 N–H and O–H groups in total. The van der Waals surface area contributed by atoms with E-state index in [1.807, 2.05) is 0 Å². The van der Waals surface area contributed by atoms with Crippen LogP contribution in [0.4, 0.5) is 0 Å². The molecule has 1 unspecified atom stereocenters. The molecule has 0 aromatic heterocycles. The zero-order valence-corrected chi connectivity index (χ0v) is 14.1. The number of hydrogen-bond acceptors (Lipinski definition) is 3. The third-order valence-electron chi connectivity index (χ3n) is 4.20. The van der Waals surface area contributed by atoms with Gasteiger partial charge < -0.3 is 15.3 Å². The average molecular weight is 302 g/mol. The van der Waals surface area contributed by atoms with E-state index in [4.69, 9.17) is 10.2 Å². The number of aliphatic hydroxyl groups excluding tert-OH is 2. The second kappa shape index (κ2) is 16.3. The molecule has 0 aliphatic heterocycles. The summed E-state index contributed by atoms with van der Waals surface area (Å²) in [5.41, 5.74) is 0. The van der Waals surface area contributed by atoms with Crippen LogP contribution in [0.5, 0.6) is 0 Å². The molecule has 0 bridgehead atoms. The van der Waals surface area contributed by atoms with Gasteiger partial charge in [0, 0.05) is 0 Å². The number of aliphatic hydroxyl groups is 3. The largest absolute Gasteiger partial charge is 0.388 e. The predicted octanol–water partition coefficient (Wildman–Crippen LogP) is 4.53. The van der Waals surface area contributed by atoms with Crippen molar-refractivity contribution in [3.63, 3.8) is 0 Å². The fraction of sp³-hybridized carbons (Fsp3) is 1.00. The molecule has 3 heteroatoms. The van der Waals surface area contributed by atoms with Crippen molar-refractivity contribution in [2.45, 2.75) is 116 Å². The van der Waals surface area contributed by atoms with Crippen LogP contribution in [0, 0.1) is 0 Å². The maximum Gasteiger partial charge on any atom is 0.178 e. The average Bonchev–Trinajstić information content (AvgIpc) is 2.47. The van der Waals surface area contributed by atoms with Crippen molar-refractivity contribution < 1.29 is 15.3 Å². The Hall–Kier alpha value is -0.120. The minimum absolute atomic E-state index is 0.496. The van der Waals surface area contributed by atoms with Crippen molar-refractivity contribution in [1.82, 2.24) is 0 Å². The fourth-order valence-electron chi connectivity index (χ4n) is 2.70. The fourth-order valence-corrected chi connectivity index (χ4v) is 2.70. The van der Waals surface area contributed by atoms with E-state index in [0.29, 0.717) is 6.42 Å². The minimum Gasteiger partial charge on any atom is -0.388 e. The lowest BCUT2D eigenvalue weighted by Gasteiger charge is -2.11. The first-order valence-corrected chi connectivity index (χ1v) is 9.22. The summed E-state index contributed by atoms with van der Waals surface area (Å²) < 4.78 is 0. The van der Waals surface area contributed by atoms with Crippen molar-refractivity contribution in [1.29, 1.82) is 0 Å². The first-order chi connectivity index (χ1) is 10.2. The Morgan fingerprint density at radius 2 is 0.857 bits per heavy atom. The van der Waals surface area contributed by atoms with Crippen molar-refractivity contribution in [3.05, 3.63) is 0 Å². The van der Waals surface area contributed by atoms with Crippen molar-refractivity contribution in [3.8, 4) is 0 Å². The molecule has 128 valence electrons. The molecule has 0 heterocycles. The van der Waals surface area contributed by atoms with E-state index < -0.39 is 12.4 Å². The van der Waals surface area contributed by atoms with Gasteiger partial charge in [-0.1, -0.05) is 96.8 Å². The third-order valence-corrected chi connectivity index (χ3v) is 4.20. The van der Waals surface area contributed by atoms with Crippen LogP contribution >= 0.6 is 0 Å². The van der Waals surface area contributed by atoms with Crippen LogP contribution in [0.25, 0.3) is 0 Å². The van der Waals surface area contributed by atoms with Gasteiger partial charge in [0.15, 0.2) is 6.29 Å². The van der Waals surface area contributed by atoms with E-state index in [-0.39, 0.29) is 0 Å². The first-order valence-electron chi connectivity index (χ1n) is 9.22. The Labute approximate surface area is 131 Å². The molecule has 0 saturated carbocycles. The summed E-state index contributed by atoms with van der Waals surface area (Å²) in [7, 11) is 0. The van der Waals surface area contributed by atoms with E-state index >= 15 is 0 Å². The summed E-state index contributed by atoms with van der Waals surface area (Å²) in [6.07, 6.45) is 16.2. The predicted molar refractivity (Wildman–Crippen MR) is 89.2 cm³/mol. The van der Waals surface area contributed by atoms with Gasteiger partial charge in [-0.05, 0) is 6.42 Å². The highest BCUT2D eigenvalue weighted by Crippen LogP contribution is 2.13. The molecule has 21 heavy (non-hydrogen) atoms. The Bertz CT molecular complexity index is 195. The molecule has 0 fully saturated rings. The van der Waals surface area contributed by atoms with Crippen LogP contribution in [0.3, 0.4) is 0 Å². The molecule has 3 nitrogen and oxygen atoms in total. The Morgan fingerprint density at radius 3 is 1.19 bits per heavy atom. The van der Waals surface area contributed by atoms with Gasteiger partial charge in [0.2, 0.25) is 0 Å². The van der Waals surface area contributed by atoms with Crippen LogP contribution < -0.4 is 0 Å². The Kier molecular flexibility index (Phi) is 16.2. The van der Waals surface area contributed by atoms with Gasteiger partial charge in [-0.25, -0.2) is 0 Å². The molecular weight excluding hydrogens is 264 g/mol. The van der Waals surface area contributed by atoms with Gasteiger partial charge in [-0.3, -0.25) is 0 Å². The smallest absolute Gasteiger partial charge is 0.178 e. The highest BCUT2D eigenvalue weighted by molar-refractivity contribution is 4.57. The van der Waals surface area contributed by atoms with Gasteiger partial charge in [-0.15, -0.1) is 0 Å². The maximum absolute atomic E-state index is 9.22. The topological polar surface area (TPSA) is 60.7 Å². The molecule has 0 radical (unpaired) electrons. The molecule has 0 aromatic carbocycles. The van der Waals surface area contributed by atoms with Crippen molar-refractivity contribution >= 4 is 0 Å². The molecular formula is C18H38O3. The summed E-state index contributed by atoms with van der Waals surface area (Å²) in [6, 6.07) is 0. The normalized spacial score (nSPS) is 13.0. The molecule has 0 aliphatic carbocycles. The van der Waals surface area contributed by atoms with E-state index in [1.165, 1.54) is 77.0 Å². The quantitative estimate of drug-likeness (QED) is 0.290. The monoisotopic (exact) mass is 302 g/mol. The van der Waals surface area contributed by atoms with Crippen LogP contribution in [-0.4, -0.2) is 27.7 Å². The lowest BCUT2D eigenvalue weighted by Crippen LogP contribution is -2.24. The summed E-state index contributed by atoms with van der Waals surface area (Å²) in [4.78, 5) is 0. The lowest BCUT2D eigenvalue weighted by molar-refractivity contribution is -0.124. The second-order valence-corrected chi connectivity index (χ2v) is 6.37. The van der Waals surface area contributed by atoms with Crippen LogP contribution in [0.15, 0.2) is 0 Å². The van der Waals surface area contributed by atoms with Crippen molar-refractivity contribution in [2.75, 3.05) is 0 Å². The lowest BCUT2D eigenvalue weighted by atomic mass is 10.0. The van der Waals surface area contributed by atoms with Crippen LogP contribution in [0.2, 0.25) is 0 Å². The highest BCUT2D eigenvalue weighted by atomic mass is 16.5. The summed E-state index contributed by atoms with van der Waals surface area (Å²) in [6.45, 7) is 2.26. The molecule has 0 aliphatic rings. The van der Waals surface area contributed by atoms with Gasteiger partial charge >= 0.3 is 0 Å². The molecule has 0 aromatic rings. The van der Waals surface area contributed by atoms with Gasteiger partial charge in [0.05, 0.1) is 0 Å². The Balaban J connectivity index is 3.03. The van der Waals surface area contributed by atoms with E-state index in [1.54, 1.807) is 0 Å². The third kappa shape index (κ3) is 16.1. The van der Waals surface area contributed by atoms with Gasteiger partial charge in [0.25, 0.3) is 0 Å². The van der Waals surface area contributed by atoms with Crippen molar-refractivity contribution in [2.24, 2.45) is 0 Å². The minimum atomic E-state index is -1.58. The number of rotatable bonds is 16. The number of unbranched alkanes of at least 4 members (excludes halogenated alkanes) is 13.